The van der Waals surface area contributed by atoms with Crippen LogP contribution in [0.4, 0.5) is 0 Å². The second-order valence-electron chi connectivity index (χ2n) is 7.04. The highest BCUT2D eigenvalue weighted by atomic mass is 16.4. The second-order valence-corrected chi connectivity index (χ2v) is 7.04. The van der Waals surface area contributed by atoms with Gasteiger partial charge in [0.15, 0.2) is 5.89 Å². The fourth-order valence-electron chi connectivity index (χ4n) is 2.31. The van der Waals surface area contributed by atoms with Gasteiger partial charge in [0.05, 0.1) is 5.69 Å². The molecule has 2 N–H and O–H groups in total. The van der Waals surface area contributed by atoms with Gasteiger partial charge in [-0.15, -0.1) is 0 Å². The summed E-state index contributed by atoms with van der Waals surface area (Å²) in [5, 5.41) is 12.1. The molecule has 5 heteroatoms. The number of amides is 1. The number of benzene rings is 1. The molecule has 1 aromatic carbocycles. The van der Waals surface area contributed by atoms with E-state index in [-0.39, 0.29) is 17.1 Å². The summed E-state index contributed by atoms with van der Waals surface area (Å²) in [7, 11) is 0. The van der Waals surface area contributed by atoms with Crippen molar-refractivity contribution in [2.45, 2.75) is 52.4 Å². The lowest BCUT2D eigenvalue weighted by Crippen LogP contribution is -2.25. The molecule has 0 aliphatic carbocycles. The van der Waals surface area contributed by atoms with E-state index in [2.05, 4.69) is 31.1 Å². The highest BCUT2D eigenvalue weighted by molar-refractivity contribution is 5.76. The molecule has 24 heavy (non-hydrogen) atoms. The molecule has 0 fully saturated rings. The molecule has 0 aliphatic heterocycles. The third kappa shape index (κ3) is 5.11. The summed E-state index contributed by atoms with van der Waals surface area (Å²) in [6.07, 6.45) is 1.68. The number of aryl methyl sites for hydroxylation is 2. The Hall–Kier alpha value is -2.30. The Morgan fingerprint density at radius 3 is 2.46 bits per heavy atom. The van der Waals surface area contributed by atoms with Gasteiger partial charge in [-0.1, -0.05) is 32.9 Å². The zero-order valence-corrected chi connectivity index (χ0v) is 14.8. The summed E-state index contributed by atoms with van der Waals surface area (Å²) >= 11 is 0. The molecule has 1 heterocycles. The maximum Gasteiger partial charge on any atom is 0.220 e. The average Bonchev–Trinajstić information content (AvgIpc) is 2.88. The van der Waals surface area contributed by atoms with Crippen LogP contribution in [0.2, 0.25) is 0 Å². The summed E-state index contributed by atoms with van der Waals surface area (Å²) in [5.41, 5.74) is 1.81. The van der Waals surface area contributed by atoms with Crippen LogP contribution >= 0.6 is 0 Å². The number of hydrogen-bond acceptors (Lipinski definition) is 4. The van der Waals surface area contributed by atoms with Gasteiger partial charge in [0.2, 0.25) is 5.91 Å². The van der Waals surface area contributed by atoms with Gasteiger partial charge in [0.25, 0.3) is 0 Å². The SMILES string of the molecule is Cc1nc(C(C)(C)C)oc1CCC(=O)NCCc1ccc(O)cc1. The third-order valence-electron chi connectivity index (χ3n) is 3.79. The quantitative estimate of drug-likeness (QED) is 0.852. The number of carbonyl (C=O) groups excluding carboxylic acids is 1. The minimum Gasteiger partial charge on any atom is -0.508 e. The minimum atomic E-state index is -0.130. The van der Waals surface area contributed by atoms with E-state index in [0.29, 0.717) is 25.3 Å². The molecule has 2 aromatic rings. The number of nitrogens with one attached hydrogen (secondary N) is 1. The number of rotatable bonds is 6. The first kappa shape index (κ1) is 18.0. The maximum atomic E-state index is 12.0. The fourth-order valence-corrected chi connectivity index (χ4v) is 2.31. The van der Waals surface area contributed by atoms with E-state index < -0.39 is 0 Å². The molecular weight excluding hydrogens is 304 g/mol. The van der Waals surface area contributed by atoms with E-state index >= 15 is 0 Å². The van der Waals surface area contributed by atoms with Crippen molar-refractivity contribution in [3.05, 3.63) is 47.2 Å². The molecule has 2 rings (SSSR count). The van der Waals surface area contributed by atoms with Crippen molar-refractivity contribution in [1.29, 1.82) is 0 Å². The molecule has 130 valence electrons. The third-order valence-corrected chi connectivity index (χ3v) is 3.79. The zero-order chi connectivity index (χ0) is 17.7. The van der Waals surface area contributed by atoms with E-state index in [9.17, 15) is 9.90 Å². The van der Waals surface area contributed by atoms with Crippen LogP contribution in [0.25, 0.3) is 0 Å². The lowest BCUT2D eigenvalue weighted by Gasteiger charge is -2.12. The Kier molecular flexibility index (Phi) is 5.65. The van der Waals surface area contributed by atoms with Gasteiger partial charge in [0.1, 0.15) is 11.5 Å². The van der Waals surface area contributed by atoms with Gasteiger partial charge < -0.3 is 14.8 Å². The lowest BCUT2D eigenvalue weighted by molar-refractivity contribution is -0.121. The Bertz CT molecular complexity index is 682. The summed E-state index contributed by atoms with van der Waals surface area (Å²) in [6.45, 7) is 8.65. The predicted molar refractivity (Wildman–Crippen MR) is 93.1 cm³/mol. The highest BCUT2D eigenvalue weighted by Crippen LogP contribution is 2.24. The van der Waals surface area contributed by atoms with Crippen LogP contribution < -0.4 is 5.32 Å². The smallest absolute Gasteiger partial charge is 0.220 e. The largest absolute Gasteiger partial charge is 0.508 e. The Balaban J connectivity index is 1.77. The molecule has 0 spiro atoms. The van der Waals surface area contributed by atoms with Crippen LogP contribution in [-0.2, 0) is 23.1 Å². The van der Waals surface area contributed by atoms with E-state index in [1.165, 1.54) is 0 Å². The summed E-state index contributed by atoms with van der Waals surface area (Å²) in [5.74, 6) is 1.75. The van der Waals surface area contributed by atoms with E-state index in [0.717, 1.165) is 23.4 Å². The van der Waals surface area contributed by atoms with Crippen molar-refractivity contribution in [1.82, 2.24) is 10.3 Å². The standard InChI is InChI=1S/C19H26N2O3/c1-13-16(24-18(21-13)19(2,3)4)9-10-17(23)20-12-11-14-5-7-15(22)8-6-14/h5-8,22H,9-12H2,1-4H3,(H,20,23). The number of phenols is 1. The molecule has 0 aliphatic rings. The molecule has 0 bridgehead atoms. The molecule has 0 saturated carbocycles. The topological polar surface area (TPSA) is 75.4 Å². The molecule has 0 saturated heterocycles. The first-order valence-corrected chi connectivity index (χ1v) is 8.27. The minimum absolute atomic E-state index is 0.00175. The number of carbonyl (C=O) groups is 1. The molecule has 0 atom stereocenters. The normalized spacial score (nSPS) is 11.5. The van der Waals surface area contributed by atoms with Crippen LogP contribution in [0.15, 0.2) is 28.7 Å². The zero-order valence-electron chi connectivity index (χ0n) is 14.8. The molecule has 5 nitrogen and oxygen atoms in total. The number of hydrogen-bond donors (Lipinski definition) is 2. The van der Waals surface area contributed by atoms with Crippen LogP contribution in [0.5, 0.6) is 5.75 Å². The monoisotopic (exact) mass is 330 g/mol. The first-order valence-electron chi connectivity index (χ1n) is 8.27. The van der Waals surface area contributed by atoms with Gasteiger partial charge in [-0.25, -0.2) is 4.98 Å². The highest BCUT2D eigenvalue weighted by Gasteiger charge is 2.22. The summed E-state index contributed by atoms with van der Waals surface area (Å²) < 4.78 is 5.80. The molecule has 1 amide bonds. The van der Waals surface area contributed by atoms with Gasteiger partial charge in [-0.2, -0.15) is 0 Å². The average molecular weight is 330 g/mol. The molecular formula is C19H26N2O3. The Morgan fingerprint density at radius 1 is 1.21 bits per heavy atom. The van der Waals surface area contributed by atoms with Crippen molar-refractivity contribution < 1.29 is 14.3 Å². The summed E-state index contributed by atoms with van der Waals surface area (Å²) in [4.78, 5) is 16.4. The number of phenolic OH excluding ortho intramolecular Hbond substituents is 1. The van der Waals surface area contributed by atoms with Crippen LogP contribution in [-0.4, -0.2) is 22.5 Å². The second kappa shape index (κ2) is 7.51. The van der Waals surface area contributed by atoms with Gasteiger partial charge in [0, 0.05) is 24.8 Å². The van der Waals surface area contributed by atoms with Crippen molar-refractivity contribution >= 4 is 5.91 Å². The maximum absolute atomic E-state index is 12.0. The van der Waals surface area contributed by atoms with Crippen LogP contribution in [0.3, 0.4) is 0 Å². The van der Waals surface area contributed by atoms with Gasteiger partial charge in [-0.05, 0) is 31.0 Å². The van der Waals surface area contributed by atoms with E-state index in [4.69, 9.17) is 4.42 Å². The lowest BCUT2D eigenvalue weighted by atomic mass is 9.97. The number of oxazole rings is 1. The molecule has 0 unspecified atom stereocenters. The van der Waals surface area contributed by atoms with Crippen molar-refractivity contribution in [3.8, 4) is 5.75 Å². The Labute approximate surface area is 143 Å². The van der Waals surface area contributed by atoms with Crippen molar-refractivity contribution in [2.75, 3.05) is 6.54 Å². The molecule has 1 aromatic heterocycles. The Morgan fingerprint density at radius 2 is 1.88 bits per heavy atom. The number of aromatic hydroxyl groups is 1. The van der Waals surface area contributed by atoms with Crippen LogP contribution in [0.1, 0.15) is 50.1 Å². The fraction of sp³-hybridized carbons (Fsp3) is 0.474. The first-order chi connectivity index (χ1) is 11.3. The van der Waals surface area contributed by atoms with Crippen molar-refractivity contribution in [2.24, 2.45) is 0 Å². The van der Waals surface area contributed by atoms with Crippen LogP contribution in [0, 0.1) is 6.92 Å². The number of nitrogens with zero attached hydrogens (tertiary/aromatic N) is 1. The van der Waals surface area contributed by atoms with E-state index in [1.54, 1.807) is 12.1 Å². The number of aromatic nitrogens is 1. The van der Waals surface area contributed by atoms with Gasteiger partial charge in [-0.3, -0.25) is 4.79 Å². The molecule has 0 radical (unpaired) electrons. The predicted octanol–water partition coefficient (Wildman–Crippen LogP) is 3.28. The summed E-state index contributed by atoms with van der Waals surface area (Å²) in [6, 6.07) is 7.01. The van der Waals surface area contributed by atoms with Crippen molar-refractivity contribution in [3.63, 3.8) is 0 Å². The van der Waals surface area contributed by atoms with Gasteiger partial charge >= 0.3 is 0 Å². The van der Waals surface area contributed by atoms with E-state index in [1.807, 2.05) is 19.1 Å².